The predicted octanol–water partition coefficient (Wildman–Crippen LogP) is 1.58. The van der Waals surface area contributed by atoms with Crippen molar-refractivity contribution in [1.29, 1.82) is 0 Å². The monoisotopic (exact) mass is 319 g/mol. The van der Waals surface area contributed by atoms with Gasteiger partial charge in [-0.2, -0.15) is 0 Å². The van der Waals surface area contributed by atoms with E-state index in [1.807, 2.05) is 24.3 Å². The average Bonchev–Trinajstić information content (AvgIpc) is 3.02. The zero-order valence-electron chi connectivity index (χ0n) is 12.3. The standard InChI is InChI=1S/C14H17N5O2S/c1-3-9-4-6-10(7-5-9)12-17-14(19-18-12)22-8-11(20)16-13(21)15-2/h4-7H,3,8H2,1-2H3,(H,17,18,19)(H2,15,16,20,21). The van der Waals surface area contributed by atoms with Gasteiger partial charge in [-0.25, -0.2) is 9.78 Å². The first-order chi connectivity index (χ1) is 10.6. The number of nitrogens with one attached hydrogen (secondary N) is 3. The van der Waals surface area contributed by atoms with Crippen LogP contribution in [0.2, 0.25) is 0 Å². The molecule has 0 spiro atoms. The van der Waals surface area contributed by atoms with Crippen molar-refractivity contribution in [1.82, 2.24) is 25.8 Å². The van der Waals surface area contributed by atoms with Crippen LogP contribution >= 0.6 is 11.8 Å². The number of aromatic amines is 1. The molecule has 0 fully saturated rings. The van der Waals surface area contributed by atoms with E-state index in [1.54, 1.807) is 0 Å². The Morgan fingerprint density at radius 3 is 2.64 bits per heavy atom. The van der Waals surface area contributed by atoms with E-state index in [2.05, 4.69) is 32.7 Å². The van der Waals surface area contributed by atoms with Crippen LogP contribution in [0.15, 0.2) is 29.4 Å². The normalized spacial score (nSPS) is 10.3. The maximum Gasteiger partial charge on any atom is 0.321 e. The molecule has 0 saturated carbocycles. The minimum Gasteiger partial charge on any atom is -0.341 e. The van der Waals surface area contributed by atoms with E-state index in [1.165, 1.54) is 12.6 Å². The van der Waals surface area contributed by atoms with E-state index in [0.717, 1.165) is 23.7 Å². The molecular formula is C14H17N5O2S. The third-order valence-electron chi connectivity index (χ3n) is 2.91. The van der Waals surface area contributed by atoms with E-state index < -0.39 is 11.9 Å². The van der Waals surface area contributed by atoms with E-state index in [9.17, 15) is 9.59 Å². The summed E-state index contributed by atoms with van der Waals surface area (Å²) < 4.78 is 0. The van der Waals surface area contributed by atoms with Gasteiger partial charge in [0.05, 0.1) is 5.75 Å². The Balaban J connectivity index is 1.93. The van der Waals surface area contributed by atoms with Crippen molar-refractivity contribution in [2.24, 2.45) is 0 Å². The average molecular weight is 319 g/mol. The summed E-state index contributed by atoms with van der Waals surface area (Å²) in [6, 6.07) is 7.51. The van der Waals surface area contributed by atoms with Gasteiger partial charge in [-0.3, -0.25) is 15.2 Å². The van der Waals surface area contributed by atoms with Crippen LogP contribution in [0, 0.1) is 0 Å². The van der Waals surface area contributed by atoms with Gasteiger partial charge in [-0.05, 0) is 12.0 Å². The number of amides is 3. The zero-order chi connectivity index (χ0) is 15.9. The van der Waals surface area contributed by atoms with Gasteiger partial charge in [0.25, 0.3) is 0 Å². The number of thioether (sulfide) groups is 1. The van der Waals surface area contributed by atoms with Crippen molar-refractivity contribution < 1.29 is 9.59 Å². The van der Waals surface area contributed by atoms with Gasteiger partial charge in [0.2, 0.25) is 11.1 Å². The highest BCUT2D eigenvalue weighted by Crippen LogP contribution is 2.19. The van der Waals surface area contributed by atoms with Crippen molar-refractivity contribution in [2.45, 2.75) is 18.5 Å². The highest BCUT2D eigenvalue weighted by atomic mass is 32.2. The van der Waals surface area contributed by atoms with Crippen LogP contribution in [0.3, 0.4) is 0 Å². The summed E-state index contributed by atoms with van der Waals surface area (Å²) in [5.74, 6) is 0.319. The van der Waals surface area contributed by atoms with Crippen LogP contribution < -0.4 is 10.6 Å². The molecule has 7 nitrogen and oxygen atoms in total. The molecule has 0 aliphatic rings. The summed E-state index contributed by atoms with van der Waals surface area (Å²) in [5.41, 5.74) is 2.19. The van der Waals surface area contributed by atoms with Crippen LogP contribution in [0.1, 0.15) is 12.5 Å². The number of benzene rings is 1. The molecule has 0 radical (unpaired) electrons. The summed E-state index contributed by atoms with van der Waals surface area (Å²) in [4.78, 5) is 26.8. The number of rotatable bonds is 5. The van der Waals surface area contributed by atoms with Crippen LogP contribution in [0.25, 0.3) is 11.4 Å². The number of urea groups is 1. The van der Waals surface area contributed by atoms with Crippen LogP contribution in [0.4, 0.5) is 4.79 Å². The second kappa shape index (κ2) is 7.60. The van der Waals surface area contributed by atoms with Gasteiger partial charge in [-0.1, -0.05) is 43.0 Å². The molecule has 3 N–H and O–H groups in total. The topological polar surface area (TPSA) is 99.8 Å². The Kier molecular flexibility index (Phi) is 5.54. The molecule has 0 aliphatic carbocycles. The van der Waals surface area contributed by atoms with Crippen LogP contribution in [-0.4, -0.2) is 39.9 Å². The fourth-order valence-corrected chi connectivity index (χ4v) is 2.29. The molecule has 3 amide bonds. The van der Waals surface area contributed by atoms with Gasteiger partial charge < -0.3 is 5.32 Å². The summed E-state index contributed by atoms with van der Waals surface area (Å²) in [5, 5.41) is 11.8. The second-order valence-electron chi connectivity index (χ2n) is 4.43. The molecule has 0 aliphatic heterocycles. The Bertz CT molecular complexity index is 654. The van der Waals surface area contributed by atoms with Crippen molar-refractivity contribution in [2.75, 3.05) is 12.8 Å². The van der Waals surface area contributed by atoms with Gasteiger partial charge in [0, 0.05) is 12.6 Å². The molecule has 0 unspecified atom stereocenters. The molecule has 1 aromatic heterocycles. The lowest BCUT2D eigenvalue weighted by molar-refractivity contribution is -0.117. The largest absolute Gasteiger partial charge is 0.341 e. The smallest absolute Gasteiger partial charge is 0.321 e. The molecule has 22 heavy (non-hydrogen) atoms. The first-order valence-electron chi connectivity index (χ1n) is 6.78. The number of hydrogen-bond donors (Lipinski definition) is 3. The number of carbonyl (C=O) groups excluding carboxylic acids is 2. The fourth-order valence-electron chi connectivity index (χ4n) is 1.69. The summed E-state index contributed by atoms with van der Waals surface area (Å²) in [6.45, 7) is 2.10. The molecule has 8 heteroatoms. The Hall–Kier alpha value is -2.35. The molecule has 2 rings (SSSR count). The minimum absolute atomic E-state index is 0.0689. The lowest BCUT2D eigenvalue weighted by Crippen LogP contribution is -2.38. The fraction of sp³-hybridized carbons (Fsp3) is 0.286. The second-order valence-corrected chi connectivity index (χ2v) is 5.38. The van der Waals surface area contributed by atoms with Gasteiger partial charge in [0.15, 0.2) is 5.82 Å². The molecule has 0 bridgehead atoms. The van der Waals surface area contributed by atoms with Gasteiger partial charge >= 0.3 is 6.03 Å². The van der Waals surface area contributed by atoms with Crippen molar-refractivity contribution >= 4 is 23.7 Å². The third kappa shape index (κ3) is 4.32. The summed E-state index contributed by atoms with van der Waals surface area (Å²) >= 11 is 1.16. The molecular weight excluding hydrogens is 302 g/mol. The number of carbonyl (C=O) groups is 2. The quantitative estimate of drug-likeness (QED) is 0.727. The zero-order valence-corrected chi connectivity index (χ0v) is 13.2. The van der Waals surface area contributed by atoms with E-state index >= 15 is 0 Å². The highest BCUT2D eigenvalue weighted by molar-refractivity contribution is 7.99. The van der Waals surface area contributed by atoms with Crippen molar-refractivity contribution in [3.63, 3.8) is 0 Å². The maximum atomic E-state index is 11.5. The number of H-pyrrole nitrogens is 1. The Morgan fingerprint density at radius 1 is 1.27 bits per heavy atom. The molecule has 2 aromatic rings. The van der Waals surface area contributed by atoms with Gasteiger partial charge in [-0.15, -0.1) is 5.10 Å². The number of hydrogen-bond acceptors (Lipinski definition) is 5. The van der Waals surface area contributed by atoms with E-state index in [-0.39, 0.29) is 5.75 Å². The highest BCUT2D eigenvalue weighted by Gasteiger charge is 2.10. The van der Waals surface area contributed by atoms with Gasteiger partial charge in [0.1, 0.15) is 0 Å². The van der Waals surface area contributed by atoms with Crippen LogP contribution in [0.5, 0.6) is 0 Å². The predicted molar refractivity (Wildman–Crippen MR) is 84.5 cm³/mol. The lowest BCUT2D eigenvalue weighted by Gasteiger charge is -2.00. The van der Waals surface area contributed by atoms with E-state index in [0.29, 0.717) is 11.0 Å². The first-order valence-corrected chi connectivity index (χ1v) is 7.77. The first kappa shape index (κ1) is 16.0. The number of nitrogens with zero attached hydrogens (tertiary/aromatic N) is 2. The number of imide groups is 1. The SMILES string of the molecule is CCc1ccc(-c2nc(SCC(=O)NC(=O)NC)n[nH]2)cc1. The van der Waals surface area contributed by atoms with Crippen molar-refractivity contribution in [3.05, 3.63) is 29.8 Å². The molecule has 0 saturated heterocycles. The number of aryl methyl sites for hydroxylation is 1. The van der Waals surface area contributed by atoms with Crippen LogP contribution in [-0.2, 0) is 11.2 Å². The molecule has 1 heterocycles. The Labute approximate surface area is 132 Å². The molecule has 1 aromatic carbocycles. The summed E-state index contributed by atoms with van der Waals surface area (Å²) in [6.07, 6.45) is 0.984. The lowest BCUT2D eigenvalue weighted by atomic mass is 10.1. The third-order valence-corrected chi connectivity index (χ3v) is 3.76. The molecule has 0 atom stereocenters. The Morgan fingerprint density at radius 2 is 2.00 bits per heavy atom. The minimum atomic E-state index is -0.530. The number of aromatic nitrogens is 3. The van der Waals surface area contributed by atoms with E-state index in [4.69, 9.17) is 0 Å². The molecule has 116 valence electrons. The maximum absolute atomic E-state index is 11.5. The van der Waals surface area contributed by atoms with Crippen molar-refractivity contribution in [3.8, 4) is 11.4 Å². The summed E-state index contributed by atoms with van der Waals surface area (Å²) in [7, 11) is 1.45.